The number of halogens is 1. The number of aliphatic hydroxyl groups excluding tert-OH is 20. The SMILES string of the molecule is CCCC[N+](C)(C)OC[C@@H]1O[C@@H]2O[C@H]3[C@H](O)[C@H](O)[C@@H](O[C@H]4[C@@H](O)[C@H](O)[C@@H](O[C@H]5[C@H](O)[C@@H](O)[C@@H](O[C@H]6[C@H](O)[C@@H](O)[C@@H](O[C@H]7[C@H](O)[C@@H](O)[C@@H](O[C@H]8[C@H](O)[C@@H](O)[C@@H](O[C@H]1[C@H](O)[C@H]2O)O[C@H]8CO)O[C@H]7CO)O[C@H]6CO)O[C@@H]5CO)O[C@@H]4CO)O[C@@H]3CO.[Cl-]. The molecule has 21 aliphatic heterocycles. The van der Waals surface area contributed by atoms with E-state index in [9.17, 15) is 102 Å². The highest BCUT2D eigenvalue weighted by Crippen LogP contribution is 2.39. The second-order valence-electron chi connectivity index (χ2n) is 22.4. The van der Waals surface area contributed by atoms with E-state index in [2.05, 4.69) is 0 Å². The van der Waals surface area contributed by atoms with E-state index in [1.165, 1.54) is 0 Å². The number of quaternary nitrogens is 1. The lowest BCUT2D eigenvalue weighted by atomic mass is 9.95. The Kier molecular flexibility index (Phi) is 25.6. The van der Waals surface area contributed by atoms with Gasteiger partial charge in [-0.2, -0.15) is 4.65 Å². The molecule has 85 heavy (non-hydrogen) atoms. The van der Waals surface area contributed by atoms with Crippen LogP contribution >= 0.6 is 0 Å². The number of unbranched alkanes of at least 4 members (excludes halogenated alkanes) is 1. The van der Waals surface area contributed by atoms with Crippen LogP contribution in [0.3, 0.4) is 0 Å². The molecule has 0 spiro atoms. The summed E-state index contributed by atoms with van der Waals surface area (Å²) in [5, 5.41) is 223. The Labute approximate surface area is 491 Å². The Bertz CT molecular complexity index is 2000. The predicted octanol–water partition coefficient (Wildman–Crippen LogP) is -16.4. The van der Waals surface area contributed by atoms with Crippen molar-refractivity contribution in [3.05, 3.63) is 0 Å². The van der Waals surface area contributed by atoms with Crippen molar-refractivity contribution in [3.8, 4) is 0 Å². The number of hydrogen-bond donors (Lipinski definition) is 20. The molecule has 37 heteroatoms. The molecular formula is C48H84ClNO35. The summed E-state index contributed by atoms with van der Waals surface area (Å²) in [6, 6.07) is 0. The van der Waals surface area contributed by atoms with E-state index >= 15 is 0 Å². The summed E-state index contributed by atoms with van der Waals surface area (Å²) in [4.78, 5) is 6.14. The van der Waals surface area contributed by atoms with Crippen LogP contribution in [0.15, 0.2) is 0 Å². The van der Waals surface area contributed by atoms with E-state index in [-0.39, 0.29) is 17.1 Å². The van der Waals surface area contributed by atoms with Gasteiger partial charge in [-0.15, -0.1) is 0 Å². The van der Waals surface area contributed by atoms with Crippen LogP contribution in [-0.4, -0.2) is 389 Å². The van der Waals surface area contributed by atoms with Gasteiger partial charge in [0.15, 0.2) is 44.0 Å². The average Bonchev–Trinajstić information content (AvgIpc) is 1.81. The first-order valence-corrected chi connectivity index (χ1v) is 27.7. The van der Waals surface area contributed by atoms with Gasteiger partial charge in [0.05, 0.1) is 53.7 Å². The van der Waals surface area contributed by atoms with Crippen molar-refractivity contribution in [2.75, 3.05) is 66.9 Å². The molecule has 0 aromatic rings. The molecule has 0 saturated carbocycles. The maximum Gasteiger partial charge on any atom is 0.187 e. The fourth-order valence-corrected chi connectivity index (χ4v) is 11.3. The Morgan fingerprint density at radius 1 is 0.282 bits per heavy atom. The lowest BCUT2D eigenvalue weighted by Crippen LogP contribution is -3.00. The second kappa shape index (κ2) is 30.5. The largest absolute Gasteiger partial charge is 1.00 e. The number of hydrogen-bond acceptors (Lipinski definition) is 35. The normalized spacial score (nSPS) is 51.4. The van der Waals surface area contributed by atoms with E-state index in [1.54, 1.807) is 14.1 Å². The molecule has 0 radical (unpaired) electrons. The van der Waals surface area contributed by atoms with Gasteiger partial charge >= 0.3 is 0 Å². The van der Waals surface area contributed by atoms with Gasteiger partial charge in [0.2, 0.25) is 0 Å². The fraction of sp³-hybridized carbons (Fsp3) is 1.00. The standard InChI is InChI=1S/C48H84NO35.ClH/c1-4-5-6-49(2,3)70-13-20-41-27(62)34(69)48(77-20)83-40-19(12-55)75-46(32(67)25(40)60)81-38-17(10-53)73-44(30(65)23(38)58)79-36-15(8-51)71-42(28(63)21(36)56)78-35-14(7-50)72-43(29(64)22(35)57)80-37-16(9-52)74-45(31(66)24(37)59)82-39-18(11-54)76-47(84-41)33(68)26(39)61;/h14-48,50-69H,4-13H2,1-3H3;1H/q+1;/p-1/t14-,15+,16-,17+,18-,19+,20-,21+,22+,23-,24+,25+,26+,27+,28+,29+,30-,31+,32-,33+,34+,35+,36+,37+,38+,39+,40+,41+,42+,43+,44+,45+,46+,47+,48+;/m0./s1. The van der Waals surface area contributed by atoms with Gasteiger partial charge in [-0.25, -0.2) is 4.84 Å². The number of hydroxylamine groups is 3. The molecule has 21 fully saturated rings. The number of ether oxygens (including phenoxy) is 14. The van der Waals surface area contributed by atoms with Gasteiger partial charge in [-0.05, 0) is 6.42 Å². The number of aliphatic hydroxyl groups is 20. The first-order valence-electron chi connectivity index (χ1n) is 27.7. The van der Waals surface area contributed by atoms with Crippen LogP contribution in [-0.2, 0) is 71.2 Å². The van der Waals surface area contributed by atoms with Crippen molar-refractivity contribution >= 4 is 0 Å². The summed E-state index contributed by atoms with van der Waals surface area (Å²) in [5.74, 6) is 0. The maximum absolute atomic E-state index is 11.8. The minimum absolute atomic E-state index is 0. The highest BCUT2D eigenvalue weighted by atomic mass is 35.5. The van der Waals surface area contributed by atoms with Crippen LogP contribution in [0.25, 0.3) is 0 Å². The predicted molar refractivity (Wildman–Crippen MR) is 259 cm³/mol. The molecule has 0 aromatic heterocycles. The van der Waals surface area contributed by atoms with Gasteiger partial charge < -0.3 is 181 Å². The zero-order chi connectivity index (χ0) is 61.4. The molecule has 21 rings (SSSR count). The molecule has 36 nitrogen and oxygen atoms in total. The molecule has 21 saturated heterocycles. The van der Waals surface area contributed by atoms with Crippen molar-refractivity contribution < 1.29 is 190 Å². The average molecular weight is 1270 g/mol. The van der Waals surface area contributed by atoms with Crippen LogP contribution in [0.2, 0.25) is 0 Å². The molecule has 0 amide bonds. The number of nitrogens with zero attached hydrogens (tertiary/aromatic N) is 1. The molecule has 0 aliphatic carbocycles. The topological polar surface area (TPSA) is 543 Å². The van der Waals surface area contributed by atoms with Gasteiger partial charge in [-0.1, -0.05) is 13.3 Å². The Morgan fingerprint density at radius 2 is 0.459 bits per heavy atom. The zero-order valence-electron chi connectivity index (χ0n) is 46.2. The van der Waals surface area contributed by atoms with E-state index in [0.717, 1.165) is 6.42 Å². The maximum atomic E-state index is 11.8. The molecule has 20 N–H and O–H groups in total. The summed E-state index contributed by atoms with van der Waals surface area (Å²) in [7, 11) is 3.37. The molecule has 35 atom stereocenters. The lowest BCUT2D eigenvalue weighted by Gasteiger charge is -2.50. The summed E-state index contributed by atoms with van der Waals surface area (Å²) < 4.78 is 81.2. The third kappa shape index (κ3) is 15.0. The molecule has 21 aliphatic rings. The Balaban J connectivity index is 0.0000104. The van der Waals surface area contributed by atoms with Crippen LogP contribution < -0.4 is 12.4 Å². The van der Waals surface area contributed by atoms with Gasteiger partial charge in [0.1, 0.15) is 184 Å². The highest BCUT2D eigenvalue weighted by molar-refractivity contribution is 5.02. The number of rotatable bonds is 12. The van der Waals surface area contributed by atoms with E-state index in [4.69, 9.17) is 71.2 Å². The van der Waals surface area contributed by atoms with Crippen molar-refractivity contribution in [2.24, 2.45) is 0 Å². The van der Waals surface area contributed by atoms with Crippen LogP contribution in [0, 0.1) is 0 Å². The molecule has 498 valence electrons. The minimum atomic E-state index is -2.21. The van der Waals surface area contributed by atoms with Crippen LogP contribution in [0.5, 0.6) is 0 Å². The summed E-state index contributed by atoms with van der Waals surface area (Å²) in [5.41, 5.74) is 0. The van der Waals surface area contributed by atoms with E-state index < -0.39 is 261 Å². The third-order valence-corrected chi connectivity index (χ3v) is 16.2. The van der Waals surface area contributed by atoms with Crippen LogP contribution in [0.4, 0.5) is 0 Å². The lowest BCUT2D eigenvalue weighted by molar-refractivity contribution is -1.08. The zero-order valence-corrected chi connectivity index (χ0v) is 46.9. The summed E-state index contributed by atoms with van der Waals surface area (Å²) in [6.45, 7) is -4.33. The third-order valence-electron chi connectivity index (χ3n) is 16.2. The molecule has 14 bridgehead atoms. The Hall–Kier alpha value is -1.15. The van der Waals surface area contributed by atoms with Crippen molar-refractivity contribution in [3.63, 3.8) is 0 Å². The summed E-state index contributed by atoms with van der Waals surface area (Å²) >= 11 is 0. The Morgan fingerprint density at radius 3 is 0.635 bits per heavy atom. The van der Waals surface area contributed by atoms with Gasteiger partial charge in [0.25, 0.3) is 0 Å². The summed E-state index contributed by atoms with van der Waals surface area (Å²) in [6.07, 6.45) is -68.1. The smallest absolute Gasteiger partial charge is 0.187 e. The van der Waals surface area contributed by atoms with Crippen molar-refractivity contribution in [1.82, 2.24) is 0 Å². The molecular weight excluding hydrogens is 1190 g/mol. The fourth-order valence-electron chi connectivity index (χ4n) is 11.3. The van der Waals surface area contributed by atoms with Gasteiger partial charge in [-0.3, -0.25) is 0 Å². The first kappa shape index (κ1) is 71.3. The second-order valence-corrected chi connectivity index (χ2v) is 22.4. The van der Waals surface area contributed by atoms with Crippen LogP contribution in [0.1, 0.15) is 19.8 Å². The van der Waals surface area contributed by atoms with Crippen molar-refractivity contribution in [2.45, 2.75) is 235 Å². The molecule has 0 unspecified atom stereocenters. The minimum Gasteiger partial charge on any atom is -1.00 e. The molecule has 21 heterocycles. The molecule has 0 aromatic carbocycles. The van der Waals surface area contributed by atoms with E-state index in [0.29, 0.717) is 13.0 Å². The van der Waals surface area contributed by atoms with E-state index in [1.807, 2.05) is 6.92 Å². The quantitative estimate of drug-likeness (QED) is 0.0637. The monoisotopic (exact) mass is 1270 g/mol. The van der Waals surface area contributed by atoms with Gasteiger partial charge in [0, 0.05) is 0 Å². The highest BCUT2D eigenvalue weighted by Gasteiger charge is 2.60. The van der Waals surface area contributed by atoms with Crippen molar-refractivity contribution in [1.29, 1.82) is 0 Å². The first-order chi connectivity index (χ1) is 39.9.